The van der Waals surface area contributed by atoms with Crippen LogP contribution in [0.5, 0.6) is 5.75 Å². The van der Waals surface area contributed by atoms with Crippen LogP contribution < -0.4 is 15.4 Å². The Hall–Kier alpha value is -6.32. The van der Waals surface area contributed by atoms with Crippen LogP contribution in [-0.2, 0) is 30.4 Å². The van der Waals surface area contributed by atoms with E-state index in [1.54, 1.807) is 6.92 Å². The van der Waals surface area contributed by atoms with Gasteiger partial charge in [-0.25, -0.2) is 9.59 Å². The lowest BCUT2D eigenvalue weighted by Crippen LogP contribution is -2.53. The molecule has 1 aliphatic carbocycles. The lowest BCUT2D eigenvalue weighted by molar-refractivity contribution is -0.148. The number of benzene rings is 6. The predicted molar refractivity (Wildman–Crippen MR) is 233 cm³/mol. The molecule has 0 saturated heterocycles. The third kappa shape index (κ3) is 9.37. The van der Waals surface area contributed by atoms with Crippen molar-refractivity contribution in [2.75, 3.05) is 19.0 Å². The van der Waals surface area contributed by atoms with Crippen LogP contribution in [0.4, 0.5) is 4.79 Å². The Morgan fingerprint density at radius 1 is 0.610 bits per heavy atom. The van der Waals surface area contributed by atoms with Crippen molar-refractivity contribution in [1.82, 2.24) is 10.6 Å². The SMILES string of the molecule is CCOc1ccc(COC(=O)[C@H](CSC(c2ccccc2)(c2ccccc2)c2ccccc2)NC(=O)[C@H](CC)NC(=O)OCC2c3ccccc3-c3ccccc32)cc1. The van der Waals surface area contributed by atoms with Crippen LogP contribution in [0.25, 0.3) is 11.1 Å². The third-order valence-corrected chi connectivity index (χ3v) is 12.2. The Balaban J connectivity index is 1.11. The highest BCUT2D eigenvalue weighted by atomic mass is 32.2. The predicted octanol–water partition coefficient (Wildman–Crippen LogP) is 9.66. The van der Waals surface area contributed by atoms with Crippen molar-refractivity contribution in [3.63, 3.8) is 0 Å². The number of carbonyl (C=O) groups excluding carboxylic acids is 3. The highest BCUT2D eigenvalue weighted by Crippen LogP contribution is 2.49. The first-order chi connectivity index (χ1) is 28.9. The number of hydrogen-bond donors (Lipinski definition) is 2. The minimum Gasteiger partial charge on any atom is -0.494 e. The third-order valence-electron chi connectivity index (χ3n) is 10.6. The van der Waals surface area contributed by atoms with Gasteiger partial charge in [0.1, 0.15) is 31.0 Å². The molecule has 2 atom stereocenters. The Bertz CT molecular complexity index is 2180. The van der Waals surface area contributed by atoms with Crippen LogP contribution >= 0.6 is 11.8 Å². The largest absolute Gasteiger partial charge is 0.494 e. The summed E-state index contributed by atoms with van der Waals surface area (Å²) in [6.45, 7) is 4.36. The van der Waals surface area contributed by atoms with Crippen molar-refractivity contribution in [2.24, 2.45) is 0 Å². The second-order valence-electron chi connectivity index (χ2n) is 14.3. The second-order valence-corrected chi connectivity index (χ2v) is 15.5. The maximum Gasteiger partial charge on any atom is 0.407 e. The molecular formula is C50H48N2O6S. The van der Waals surface area contributed by atoms with E-state index in [0.29, 0.717) is 6.61 Å². The lowest BCUT2D eigenvalue weighted by atomic mass is 9.84. The molecule has 7 rings (SSSR count). The fraction of sp³-hybridized carbons (Fsp3) is 0.220. The van der Waals surface area contributed by atoms with Gasteiger partial charge in [0.25, 0.3) is 0 Å². The second kappa shape index (κ2) is 19.4. The average molecular weight is 805 g/mol. The molecule has 1 aliphatic rings. The maximum atomic E-state index is 14.1. The number of amides is 2. The molecule has 0 spiro atoms. The summed E-state index contributed by atoms with van der Waals surface area (Å²) in [6, 6.07) is 51.9. The minimum absolute atomic E-state index is 0.00131. The minimum atomic E-state index is -1.08. The van der Waals surface area contributed by atoms with Gasteiger partial charge in [-0.05, 0) is 70.0 Å². The molecule has 2 N–H and O–H groups in total. The summed E-state index contributed by atoms with van der Waals surface area (Å²) in [6.07, 6.45) is -0.451. The van der Waals surface area contributed by atoms with Crippen LogP contribution in [0.2, 0.25) is 0 Å². The quantitative estimate of drug-likeness (QED) is 0.0700. The standard InChI is InChI=1S/C50H48N2O6S/c1-3-45(52-49(55)58-33-44-42-26-16-14-24-40(42)41-25-15-17-27-43(41)44)47(53)51-46(48(54)57-32-35-28-30-39(31-29-35)56-4-2)34-59-50(36-18-8-5-9-19-36,37-20-10-6-11-21-37)38-22-12-7-13-23-38/h5-31,44-46H,3-4,32-34H2,1-2H3,(H,51,53)(H,52,55)/t45-,46-/m0/s1. The molecule has 6 aromatic rings. The number of nitrogens with one attached hydrogen (secondary N) is 2. The van der Waals surface area contributed by atoms with E-state index < -0.39 is 34.8 Å². The summed E-state index contributed by atoms with van der Waals surface area (Å²) in [7, 11) is 0. The number of rotatable bonds is 17. The van der Waals surface area contributed by atoms with Crippen molar-refractivity contribution < 1.29 is 28.6 Å². The van der Waals surface area contributed by atoms with Crippen molar-refractivity contribution in [3.8, 4) is 16.9 Å². The van der Waals surface area contributed by atoms with Crippen molar-refractivity contribution in [1.29, 1.82) is 0 Å². The number of fused-ring (bicyclic) bond motifs is 3. The van der Waals surface area contributed by atoms with Gasteiger partial charge >= 0.3 is 12.1 Å². The molecular weight excluding hydrogens is 757 g/mol. The van der Waals surface area contributed by atoms with E-state index in [1.165, 1.54) is 11.8 Å². The summed E-state index contributed by atoms with van der Waals surface area (Å²) >= 11 is 1.54. The monoisotopic (exact) mass is 804 g/mol. The fourth-order valence-electron chi connectivity index (χ4n) is 7.66. The molecule has 0 aliphatic heterocycles. The highest BCUT2D eigenvalue weighted by Gasteiger charge is 2.39. The molecule has 2 amide bonds. The summed E-state index contributed by atoms with van der Waals surface area (Å²) in [5.41, 5.74) is 8.24. The van der Waals surface area contributed by atoms with Crippen molar-refractivity contribution in [2.45, 2.75) is 49.6 Å². The van der Waals surface area contributed by atoms with E-state index in [1.807, 2.05) is 110 Å². The topological polar surface area (TPSA) is 103 Å². The van der Waals surface area contributed by atoms with Crippen LogP contribution in [0.1, 0.15) is 59.6 Å². The Kier molecular flexibility index (Phi) is 13.4. The van der Waals surface area contributed by atoms with Crippen LogP contribution in [-0.4, -0.2) is 49.0 Å². The number of esters is 1. The fourth-order valence-corrected chi connectivity index (χ4v) is 9.20. The molecule has 0 radical (unpaired) electrons. The summed E-state index contributed by atoms with van der Waals surface area (Å²) in [4.78, 5) is 41.6. The number of carbonyl (C=O) groups is 3. The molecule has 9 heteroatoms. The smallest absolute Gasteiger partial charge is 0.407 e. The normalized spacial score (nSPS) is 13.0. The van der Waals surface area contributed by atoms with Gasteiger partial charge in [0.2, 0.25) is 5.91 Å². The Morgan fingerprint density at radius 2 is 1.12 bits per heavy atom. The van der Waals surface area contributed by atoms with Gasteiger partial charge in [-0.1, -0.05) is 159 Å². The Labute approximate surface area is 350 Å². The van der Waals surface area contributed by atoms with Crippen LogP contribution in [0, 0.1) is 0 Å². The number of alkyl carbamates (subject to hydrolysis) is 1. The molecule has 0 bridgehead atoms. The number of ether oxygens (including phenoxy) is 3. The van der Waals surface area contributed by atoms with E-state index >= 15 is 0 Å². The number of hydrogen-bond acceptors (Lipinski definition) is 7. The first kappa shape index (κ1) is 40.9. The van der Waals surface area contributed by atoms with E-state index in [9.17, 15) is 14.4 Å². The van der Waals surface area contributed by atoms with Gasteiger partial charge in [0.05, 0.1) is 11.4 Å². The Morgan fingerprint density at radius 3 is 1.63 bits per heavy atom. The van der Waals surface area contributed by atoms with Gasteiger partial charge in [-0.3, -0.25) is 4.79 Å². The highest BCUT2D eigenvalue weighted by molar-refractivity contribution is 8.00. The van der Waals surface area contributed by atoms with E-state index in [4.69, 9.17) is 14.2 Å². The summed E-state index contributed by atoms with van der Waals surface area (Å²) in [5, 5.41) is 5.72. The molecule has 300 valence electrons. The first-order valence-electron chi connectivity index (χ1n) is 20.0. The van der Waals surface area contributed by atoms with Crippen LogP contribution in [0.15, 0.2) is 164 Å². The van der Waals surface area contributed by atoms with Crippen LogP contribution in [0.3, 0.4) is 0 Å². The van der Waals surface area contributed by atoms with Crippen molar-refractivity contribution in [3.05, 3.63) is 197 Å². The van der Waals surface area contributed by atoms with Gasteiger partial charge in [-0.2, -0.15) is 0 Å². The molecule has 59 heavy (non-hydrogen) atoms. The molecule has 0 aromatic heterocycles. The molecule has 8 nitrogen and oxygen atoms in total. The van der Waals surface area contributed by atoms with Gasteiger partial charge in [-0.15, -0.1) is 11.8 Å². The number of thioether (sulfide) groups is 1. The zero-order valence-corrected chi connectivity index (χ0v) is 34.0. The molecule has 6 aromatic carbocycles. The van der Waals surface area contributed by atoms with Crippen molar-refractivity contribution >= 4 is 29.7 Å². The maximum absolute atomic E-state index is 14.1. The van der Waals surface area contributed by atoms with Gasteiger partial charge in [0, 0.05) is 11.7 Å². The lowest BCUT2D eigenvalue weighted by Gasteiger charge is -2.36. The van der Waals surface area contributed by atoms with E-state index in [-0.39, 0.29) is 31.3 Å². The summed E-state index contributed by atoms with van der Waals surface area (Å²) < 4.78 is 16.5. The van der Waals surface area contributed by atoms with Gasteiger partial charge in [0.15, 0.2) is 0 Å². The van der Waals surface area contributed by atoms with Gasteiger partial charge < -0.3 is 24.8 Å². The molecule has 0 heterocycles. The zero-order valence-electron chi connectivity index (χ0n) is 33.2. The molecule has 0 unspecified atom stereocenters. The molecule has 0 saturated carbocycles. The zero-order chi connectivity index (χ0) is 41.0. The summed E-state index contributed by atoms with van der Waals surface area (Å²) in [5.74, 6) is -0.382. The first-order valence-corrected chi connectivity index (χ1v) is 21.0. The average Bonchev–Trinajstić information content (AvgIpc) is 3.61. The molecule has 0 fully saturated rings. The van der Waals surface area contributed by atoms with E-state index in [2.05, 4.69) is 71.3 Å². The van der Waals surface area contributed by atoms with E-state index in [0.717, 1.165) is 50.3 Å².